The van der Waals surface area contributed by atoms with E-state index in [2.05, 4.69) is 30.8 Å². The Kier molecular flexibility index (Phi) is 5.72. The molecule has 0 fully saturated rings. The number of carbonyl (C=O) groups is 1. The van der Waals surface area contributed by atoms with Crippen LogP contribution in [0.15, 0.2) is 18.5 Å². The van der Waals surface area contributed by atoms with Gasteiger partial charge in [-0.2, -0.15) is 28.4 Å². The van der Waals surface area contributed by atoms with E-state index in [1.54, 1.807) is 49.8 Å². The number of alkyl halides is 3. The van der Waals surface area contributed by atoms with Crippen molar-refractivity contribution in [3.63, 3.8) is 0 Å². The molecule has 10 nitrogen and oxygen atoms in total. The van der Waals surface area contributed by atoms with Crippen LogP contribution in [0.5, 0.6) is 0 Å². The molecule has 176 valence electrons. The van der Waals surface area contributed by atoms with Crippen molar-refractivity contribution in [2.75, 3.05) is 22.6 Å². The molecule has 0 aromatic carbocycles. The largest absolute Gasteiger partial charge is 0.435 e. The lowest BCUT2D eigenvalue weighted by Gasteiger charge is -2.32. The zero-order valence-electron chi connectivity index (χ0n) is 18.6. The number of likely N-dealkylation sites (N-methyl/N-ethyl adjacent to an activating group) is 1. The summed E-state index contributed by atoms with van der Waals surface area (Å²) in [5.41, 5.74) is 1.54. The molecule has 1 amide bonds. The Morgan fingerprint density at radius 2 is 2.03 bits per heavy atom. The molecule has 4 rings (SSSR count). The predicted molar refractivity (Wildman–Crippen MR) is 115 cm³/mol. The highest BCUT2D eigenvalue weighted by Gasteiger charge is 2.35. The highest BCUT2D eigenvalue weighted by molar-refractivity contribution is 6.03. The predicted octanol–water partition coefficient (Wildman–Crippen LogP) is 2.65. The molecule has 13 heteroatoms. The zero-order valence-corrected chi connectivity index (χ0v) is 18.6. The molecule has 3 aromatic rings. The van der Waals surface area contributed by atoms with Gasteiger partial charge in [0.05, 0.1) is 24.1 Å². The lowest BCUT2D eigenvalue weighted by molar-refractivity contribution is -0.141. The lowest BCUT2D eigenvalue weighted by Crippen LogP contribution is -2.44. The van der Waals surface area contributed by atoms with Gasteiger partial charge in [0.15, 0.2) is 11.5 Å². The van der Waals surface area contributed by atoms with Crippen molar-refractivity contribution in [1.29, 1.82) is 0 Å². The highest BCUT2D eigenvalue weighted by atomic mass is 19.4. The van der Waals surface area contributed by atoms with E-state index in [0.717, 1.165) is 11.6 Å². The van der Waals surface area contributed by atoms with Gasteiger partial charge in [-0.15, -0.1) is 0 Å². The summed E-state index contributed by atoms with van der Waals surface area (Å²) in [7, 11) is 1.80. The van der Waals surface area contributed by atoms with E-state index in [9.17, 15) is 18.0 Å². The number of amides is 1. The maximum Gasteiger partial charge on any atom is 0.435 e. The quantitative estimate of drug-likeness (QED) is 0.579. The average molecular weight is 463 g/mol. The van der Waals surface area contributed by atoms with Gasteiger partial charge in [0, 0.05) is 31.9 Å². The number of hydrogen-bond acceptors (Lipinski definition) is 7. The van der Waals surface area contributed by atoms with Crippen LogP contribution in [0.1, 0.15) is 36.5 Å². The fourth-order valence-corrected chi connectivity index (χ4v) is 3.55. The molecule has 33 heavy (non-hydrogen) atoms. The van der Waals surface area contributed by atoms with Gasteiger partial charge >= 0.3 is 6.18 Å². The monoisotopic (exact) mass is 463 g/mol. The number of nitrogens with one attached hydrogen (secondary N) is 2. The van der Waals surface area contributed by atoms with Gasteiger partial charge < -0.3 is 15.5 Å². The lowest BCUT2D eigenvalue weighted by atomic mass is 10.2. The summed E-state index contributed by atoms with van der Waals surface area (Å²) in [6, 6.07) is 0.690. The molecule has 4 heterocycles. The number of anilines is 3. The van der Waals surface area contributed by atoms with Gasteiger partial charge in [0.25, 0.3) is 0 Å². The van der Waals surface area contributed by atoms with E-state index >= 15 is 0 Å². The third kappa shape index (κ3) is 4.47. The molecular weight excluding hydrogens is 439 g/mol. The fraction of sp³-hybridized carbons (Fsp3) is 0.450. The average Bonchev–Trinajstić information content (AvgIpc) is 3.38. The van der Waals surface area contributed by atoms with E-state index in [0.29, 0.717) is 41.9 Å². The van der Waals surface area contributed by atoms with Crippen molar-refractivity contribution in [1.82, 2.24) is 29.5 Å². The van der Waals surface area contributed by atoms with Crippen LogP contribution in [-0.4, -0.2) is 48.5 Å². The van der Waals surface area contributed by atoms with E-state index in [-0.39, 0.29) is 18.5 Å². The standard InChI is InChI=1S/C20H24F3N9O/c1-5-32-14(6-15(29-32)20(21,22)23)10-31-9-13(8-25-31)7-24-19-26-11(2)16-17(28-19)30(4)12(3)18(33)27-16/h6,8-9,12H,5,7,10H2,1-4H3,(H,27,33)(H,24,26,28)/t12-/m0/s1. The highest BCUT2D eigenvalue weighted by Crippen LogP contribution is 2.32. The summed E-state index contributed by atoms with van der Waals surface area (Å²) < 4.78 is 41.8. The molecule has 1 atom stereocenters. The van der Waals surface area contributed by atoms with Crippen LogP contribution in [0.4, 0.5) is 30.6 Å². The van der Waals surface area contributed by atoms with Crippen LogP contribution in [0.2, 0.25) is 0 Å². The van der Waals surface area contributed by atoms with Crippen molar-refractivity contribution in [3.8, 4) is 0 Å². The van der Waals surface area contributed by atoms with Gasteiger partial charge in [-0.05, 0) is 26.8 Å². The maximum absolute atomic E-state index is 13.0. The molecule has 0 saturated heterocycles. The van der Waals surface area contributed by atoms with Crippen molar-refractivity contribution < 1.29 is 18.0 Å². The number of fused-ring (bicyclic) bond motifs is 1. The van der Waals surface area contributed by atoms with Gasteiger partial charge in [-0.1, -0.05) is 0 Å². The Morgan fingerprint density at radius 1 is 1.27 bits per heavy atom. The van der Waals surface area contributed by atoms with Crippen LogP contribution >= 0.6 is 0 Å². The first-order valence-corrected chi connectivity index (χ1v) is 10.4. The summed E-state index contributed by atoms with van der Waals surface area (Å²) in [6.45, 7) is 6.17. The molecule has 0 radical (unpaired) electrons. The number of aromatic nitrogens is 6. The van der Waals surface area contributed by atoms with E-state index in [4.69, 9.17) is 0 Å². The Labute approximate surface area is 187 Å². The second-order valence-corrected chi connectivity index (χ2v) is 7.84. The van der Waals surface area contributed by atoms with E-state index in [1.807, 2.05) is 0 Å². The summed E-state index contributed by atoms with van der Waals surface area (Å²) in [5.74, 6) is 0.908. The second-order valence-electron chi connectivity index (χ2n) is 7.84. The van der Waals surface area contributed by atoms with Crippen LogP contribution in [0, 0.1) is 6.92 Å². The molecule has 1 aliphatic rings. The molecule has 0 aliphatic carbocycles. The molecule has 0 saturated carbocycles. The number of rotatable bonds is 6. The normalized spacial score (nSPS) is 16.0. The summed E-state index contributed by atoms with van der Waals surface area (Å²) >= 11 is 0. The van der Waals surface area contributed by atoms with Gasteiger partial charge in [-0.3, -0.25) is 14.2 Å². The first-order chi connectivity index (χ1) is 15.6. The van der Waals surface area contributed by atoms with Crippen LogP contribution in [-0.2, 0) is 30.6 Å². The number of nitrogens with zero attached hydrogens (tertiary/aromatic N) is 7. The number of aryl methyl sites for hydroxylation is 2. The molecule has 0 unspecified atom stereocenters. The first-order valence-electron chi connectivity index (χ1n) is 10.4. The third-order valence-electron chi connectivity index (χ3n) is 5.53. The van der Waals surface area contributed by atoms with Gasteiger partial charge in [0.2, 0.25) is 11.9 Å². The fourth-order valence-electron chi connectivity index (χ4n) is 3.55. The van der Waals surface area contributed by atoms with E-state index in [1.165, 1.54) is 4.68 Å². The molecule has 3 aromatic heterocycles. The number of hydrogen-bond donors (Lipinski definition) is 2. The first kappa shape index (κ1) is 22.6. The smallest absolute Gasteiger partial charge is 0.350 e. The summed E-state index contributed by atoms with van der Waals surface area (Å²) in [6.07, 6.45) is -1.12. The van der Waals surface area contributed by atoms with Crippen molar-refractivity contribution >= 4 is 23.4 Å². The summed E-state index contributed by atoms with van der Waals surface area (Å²) in [5, 5.41) is 13.8. The number of halogens is 3. The zero-order chi connectivity index (χ0) is 23.9. The van der Waals surface area contributed by atoms with Crippen molar-refractivity contribution in [3.05, 3.63) is 41.1 Å². The van der Waals surface area contributed by atoms with Gasteiger partial charge in [0.1, 0.15) is 11.7 Å². The minimum Gasteiger partial charge on any atom is -0.350 e. The Bertz CT molecular complexity index is 1180. The molecule has 0 bridgehead atoms. The Morgan fingerprint density at radius 3 is 2.73 bits per heavy atom. The Balaban J connectivity index is 1.46. The van der Waals surface area contributed by atoms with Crippen molar-refractivity contribution in [2.24, 2.45) is 0 Å². The second kappa shape index (κ2) is 8.37. The minimum atomic E-state index is -4.49. The topological polar surface area (TPSA) is 106 Å². The van der Waals surface area contributed by atoms with Crippen LogP contribution in [0.25, 0.3) is 0 Å². The SMILES string of the molecule is CCn1nc(C(F)(F)F)cc1Cn1cc(CNc2nc(C)c3c(n2)N(C)[C@@H](C)C(=O)N3)cn1. The minimum absolute atomic E-state index is 0.114. The van der Waals surface area contributed by atoms with Crippen LogP contribution < -0.4 is 15.5 Å². The maximum atomic E-state index is 13.0. The van der Waals surface area contributed by atoms with Gasteiger partial charge in [-0.25, -0.2) is 4.98 Å². The molecular formula is C20H24F3N9O. The Hall–Kier alpha value is -3.64. The number of carbonyl (C=O) groups excluding carboxylic acids is 1. The molecule has 1 aliphatic heterocycles. The summed E-state index contributed by atoms with van der Waals surface area (Å²) in [4.78, 5) is 22.8. The van der Waals surface area contributed by atoms with Crippen LogP contribution in [0.3, 0.4) is 0 Å². The van der Waals surface area contributed by atoms with E-state index < -0.39 is 11.9 Å². The molecule has 0 spiro atoms. The van der Waals surface area contributed by atoms with Crippen molar-refractivity contribution in [2.45, 2.75) is 52.6 Å². The molecule has 2 N–H and O–H groups in total. The third-order valence-corrected chi connectivity index (χ3v) is 5.53.